The Kier molecular flexibility index (Phi) is 9.53. The number of methoxy groups -OCH3 is 2. The number of allylic oxidation sites excluding steroid dienone is 2. The van der Waals surface area contributed by atoms with Gasteiger partial charge in [0.05, 0.1) is 25.3 Å². The van der Waals surface area contributed by atoms with Gasteiger partial charge in [0.1, 0.15) is 11.6 Å². The Morgan fingerprint density at radius 1 is 0.952 bits per heavy atom. The lowest BCUT2D eigenvalue weighted by Gasteiger charge is -2.16. The summed E-state index contributed by atoms with van der Waals surface area (Å²) >= 11 is 3.39. The number of ether oxygens (including phenoxy) is 3. The van der Waals surface area contributed by atoms with Crippen molar-refractivity contribution in [1.82, 2.24) is 4.98 Å². The van der Waals surface area contributed by atoms with Gasteiger partial charge in [0, 0.05) is 52.8 Å². The van der Waals surface area contributed by atoms with Gasteiger partial charge in [-0.3, -0.25) is 14.6 Å². The number of halogens is 3. The van der Waals surface area contributed by atoms with Gasteiger partial charge in [0.15, 0.2) is 29.4 Å². The quantitative estimate of drug-likeness (QED) is 0.0649. The fourth-order valence-electron chi connectivity index (χ4n) is 3.97. The highest BCUT2D eigenvalue weighted by Gasteiger charge is 2.17. The van der Waals surface area contributed by atoms with Gasteiger partial charge in [0.25, 0.3) is 5.91 Å². The Hall–Kier alpha value is -4.77. The summed E-state index contributed by atoms with van der Waals surface area (Å²) < 4.78 is 45.3. The average Bonchev–Trinajstić information content (AvgIpc) is 2.98. The molecule has 0 fully saturated rings. The number of benzene rings is 3. The SMILES string of the molecule is COc1cc2nccc(Oc3ccc(NC(=O)/C(C=O)=C(C)/C(Br)=C\N(C)c4ccc(F)cc4)cc3F)c2cc1OC. The third-order valence-electron chi connectivity index (χ3n) is 6.28. The molecule has 0 saturated carbocycles. The number of pyridine rings is 1. The van der Waals surface area contributed by atoms with Crippen molar-refractivity contribution in [3.05, 3.63) is 100 Å². The lowest BCUT2D eigenvalue weighted by atomic mass is 10.1. The number of aldehydes is 1. The molecule has 0 unspecified atom stereocenters. The Balaban J connectivity index is 1.53. The molecule has 0 aliphatic heterocycles. The zero-order valence-corrected chi connectivity index (χ0v) is 24.7. The smallest absolute Gasteiger partial charge is 0.259 e. The molecule has 0 bridgehead atoms. The van der Waals surface area contributed by atoms with Crippen molar-refractivity contribution in [2.24, 2.45) is 0 Å². The molecule has 4 rings (SSSR count). The van der Waals surface area contributed by atoms with Gasteiger partial charge in [0.2, 0.25) is 0 Å². The Labute approximate surface area is 249 Å². The van der Waals surface area contributed by atoms with Crippen LogP contribution >= 0.6 is 15.9 Å². The maximum absolute atomic E-state index is 15.1. The number of rotatable bonds is 10. The Morgan fingerprint density at radius 2 is 1.64 bits per heavy atom. The number of hydrogen-bond donors (Lipinski definition) is 1. The first-order valence-corrected chi connectivity index (χ1v) is 13.3. The number of nitrogens with one attached hydrogen (secondary N) is 1. The van der Waals surface area contributed by atoms with E-state index in [9.17, 15) is 14.0 Å². The van der Waals surface area contributed by atoms with Crippen LogP contribution in [0.4, 0.5) is 20.2 Å². The average molecular weight is 638 g/mol. The molecule has 8 nitrogen and oxygen atoms in total. The number of anilines is 2. The number of hydrogen-bond acceptors (Lipinski definition) is 7. The summed E-state index contributed by atoms with van der Waals surface area (Å²) in [5.41, 5.74) is 1.54. The zero-order chi connectivity index (χ0) is 30.4. The zero-order valence-electron chi connectivity index (χ0n) is 23.1. The summed E-state index contributed by atoms with van der Waals surface area (Å²) in [6.07, 6.45) is 3.58. The number of carbonyl (C=O) groups is 2. The fraction of sp³-hybridized carbons (Fsp3) is 0.129. The summed E-state index contributed by atoms with van der Waals surface area (Å²) in [5.74, 6) is -0.649. The maximum atomic E-state index is 15.1. The van der Waals surface area contributed by atoms with Gasteiger partial charge < -0.3 is 24.4 Å². The van der Waals surface area contributed by atoms with E-state index in [-0.39, 0.29) is 22.8 Å². The van der Waals surface area contributed by atoms with E-state index in [0.29, 0.717) is 50.2 Å². The topological polar surface area (TPSA) is 90.0 Å². The van der Waals surface area contributed by atoms with Crippen LogP contribution in [0.1, 0.15) is 6.92 Å². The largest absolute Gasteiger partial charge is 0.493 e. The molecule has 11 heteroatoms. The molecular weight excluding hydrogens is 612 g/mol. The van der Waals surface area contributed by atoms with E-state index in [1.165, 1.54) is 44.7 Å². The van der Waals surface area contributed by atoms with E-state index in [2.05, 4.69) is 26.2 Å². The van der Waals surface area contributed by atoms with Crippen molar-refractivity contribution in [2.45, 2.75) is 6.92 Å². The second-order valence-corrected chi connectivity index (χ2v) is 9.81. The highest BCUT2D eigenvalue weighted by molar-refractivity contribution is 9.12. The van der Waals surface area contributed by atoms with Crippen LogP contribution in [0.25, 0.3) is 10.9 Å². The molecule has 1 heterocycles. The van der Waals surface area contributed by atoms with Crippen molar-refractivity contribution in [3.63, 3.8) is 0 Å². The van der Waals surface area contributed by atoms with Crippen molar-refractivity contribution in [2.75, 3.05) is 31.5 Å². The first-order valence-electron chi connectivity index (χ1n) is 12.5. The van der Waals surface area contributed by atoms with Crippen molar-refractivity contribution >= 4 is 50.4 Å². The van der Waals surface area contributed by atoms with Crippen LogP contribution in [0.3, 0.4) is 0 Å². The molecule has 3 aromatic carbocycles. The first-order chi connectivity index (χ1) is 20.1. The maximum Gasteiger partial charge on any atom is 0.259 e. The van der Waals surface area contributed by atoms with E-state index in [0.717, 1.165) is 6.07 Å². The predicted molar refractivity (Wildman–Crippen MR) is 161 cm³/mol. The molecule has 0 aliphatic carbocycles. The van der Waals surface area contributed by atoms with Gasteiger partial charge in [-0.2, -0.15) is 0 Å². The van der Waals surface area contributed by atoms with Crippen LogP contribution in [-0.2, 0) is 9.59 Å². The summed E-state index contributed by atoms with van der Waals surface area (Å²) in [6, 6.07) is 14.7. The molecule has 0 atom stereocenters. The number of amides is 1. The molecule has 0 saturated heterocycles. The molecule has 216 valence electrons. The van der Waals surface area contributed by atoms with Crippen molar-refractivity contribution < 1.29 is 32.6 Å². The van der Waals surface area contributed by atoms with Crippen LogP contribution in [-0.4, -0.2) is 38.4 Å². The van der Waals surface area contributed by atoms with Gasteiger partial charge in [-0.05, 0) is 77.0 Å². The predicted octanol–water partition coefficient (Wildman–Crippen LogP) is 7.15. The van der Waals surface area contributed by atoms with E-state index in [1.54, 1.807) is 55.4 Å². The van der Waals surface area contributed by atoms with Crippen LogP contribution in [0.15, 0.2) is 88.7 Å². The summed E-state index contributed by atoms with van der Waals surface area (Å²) in [5, 5.41) is 3.12. The lowest BCUT2D eigenvalue weighted by molar-refractivity contribution is -0.115. The second kappa shape index (κ2) is 13.3. The summed E-state index contributed by atoms with van der Waals surface area (Å²) in [6.45, 7) is 1.59. The minimum atomic E-state index is -0.742. The lowest BCUT2D eigenvalue weighted by Crippen LogP contribution is -2.17. The molecule has 0 radical (unpaired) electrons. The molecule has 42 heavy (non-hydrogen) atoms. The van der Waals surface area contributed by atoms with Crippen LogP contribution in [0.2, 0.25) is 0 Å². The summed E-state index contributed by atoms with van der Waals surface area (Å²) in [7, 11) is 4.75. The van der Waals surface area contributed by atoms with Crippen LogP contribution in [0, 0.1) is 11.6 Å². The molecule has 1 aromatic heterocycles. The highest BCUT2D eigenvalue weighted by Crippen LogP contribution is 2.37. The van der Waals surface area contributed by atoms with Gasteiger partial charge >= 0.3 is 0 Å². The van der Waals surface area contributed by atoms with Crippen LogP contribution in [0.5, 0.6) is 23.0 Å². The fourth-order valence-corrected chi connectivity index (χ4v) is 4.49. The third-order valence-corrected chi connectivity index (χ3v) is 7.08. The monoisotopic (exact) mass is 637 g/mol. The van der Waals surface area contributed by atoms with Gasteiger partial charge in [-0.15, -0.1) is 0 Å². The minimum Gasteiger partial charge on any atom is -0.493 e. The van der Waals surface area contributed by atoms with Crippen molar-refractivity contribution in [3.8, 4) is 23.0 Å². The second-order valence-electron chi connectivity index (χ2n) is 8.96. The Morgan fingerprint density at radius 3 is 2.29 bits per heavy atom. The third kappa shape index (κ3) is 6.74. The molecular formula is C31H26BrF2N3O5. The molecule has 4 aromatic rings. The van der Waals surface area contributed by atoms with Crippen molar-refractivity contribution in [1.29, 1.82) is 0 Å². The normalized spacial score (nSPS) is 11.9. The van der Waals surface area contributed by atoms with Gasteiger partial charge in [-0.25, -0.2) is 8.78 Å². The first kappa shape index (κ1) is 30.2. The molecule has 1 N–H and O–H groups in total. The highest BCUT2D eigenvalue weighted by atomic mass is 79.9. The number of carbonyl (C=O) groups excluding carboxylic acids is 2. The summed E-state index contributed by atoms with van der Waals surface area (Å²) in [4.78, 5) is 30.8. The van der Waals surface area contributed by atoms with Crippen LogP contribution < -0.4 is 24.4 Å². The number of fused-ring (bicyclic) bond motifs is 1. The molecule has 0 spiro atoms. The molecule has 0 aliphatic rings. The van der Waals surface area contributed by atoms with Gasteiger partial charge in [-0.1, -0.05) is 0 Å². The number of nitrogens with zero attached hydrogens (tertiary/aromatic N) is 2. The Bertz CT molecular complexity index is 1710. The minimum absolute atomic E-state index is 0.0906. The number of aromatic nitrogens is 1. The van der Waals surface area contributed by atoms with E-state index >= 15 is 4.39 Å². The van der Waals surface area contributed by atoms with E-state index < -0.39 is 11.7 Å². The van der Waals surface area contributed by atoms with E-state index in [4.69, 9.17) is 14.2 Å². The molecule has 1 amide bonds. The van der Waals surface area contributed by atoms with E-state index in [1.807, 2.05) is 0 Å². The standard InChI is InChI=1S/C31H26BrF2N3O5/c1-18(24(32)16-37(2)21-8-5-19(33)6-9-21)23(17-38)31(39)36-20-7-10-28(25(34)13-20)42-27-11-12-35-26-15-30(41-4)29(40-3)14-22(26)27/h5-17H,1-4H3,(H,36,39)/b23-18+,24-16+.